The zero-order valence-corrected chi connectivity index (χ0v) is 7.45. The molecule has 0 spiro atoms. The van der Waals surface area contributed by atoms with Crippen LogP contribution in [0.3, 0.4) is 0 Å². The lowest BCUT2D eigenvalue weighted by Gasteiger charge is -2.05. The molecule has 1 aromatic rings. The molecule has 13 heavy (non-hydrogen) atoms. The second-order valence-electron chi connectivity index (χ2n) is 2.39. The Morgan fingerprint density at radius 1 is 1.46 bits per heavy atom. The maximum Gasteiger partial charge on any atom is 0.389 e. The van der Waals surface area contributed by atoms with E-state index < -0.39 is 12.6 Å². The number of nitrogens with one attached hydrogen (secondary N) is 1. The molecule has 1 heterocycles. The lowest BCUT2D eigenvalue weighted by Crippen LogP contribution is -2.10. The summed E-state index contributed by atoms with van der Waals surface area (Å²) in [7, 11) is 0. The van der Waals surface area contributed by atoms with E-state index in [1.165, 1.54) is 16.8 Å². The number of halogens is 3. The molecule has 74 valence electrons. The highest BCUT2D eigenvalue weighted by Gasteiger charge is 2.25. The third-order valence-corrected chi connectivity index (χ3v) is 1.92. The van der Waals surface area contributed by atoms with E-state index in [9.17, 15) is 13.2 Å². The lowest BCUT2D eigenvalue weighted by molar-refractivity contribution is -0.134. The SMILES string of the molecule is FC(F)(F)CCCNc1nncs1. The van der Waals surface area contributed by atoms with Gasteiger partial charge in [-0.25, -0.2) is 0 Å². The molecule has 0 aliphatic carbocycles. The first kappa shape index (κ1) is 10.2. The number of rotatable bonds is 4. The molecule has 7 heteroatoms. The van der Waals surface area contributed by atoms with E-state index in [4.69, 9.17) is 0 Å². The minimum atomic E-state index is -4.07. The van der Waals surface area contributed by atoms with Crippen molar-refractivity contribution >= 4 is 16.5 Å². The van der Waals surface area contributed by atoms with Crippen molar-refractivity contribution in [1.29, 1.82) is 0 Å². The summed E-state index contributed by atoms with van der Waals surface area (Å²) < 4.78 is 35.0. The number of hydrogen-bond donors (Lipinski definition) is 1. The smallest absolute Gasteiger partial charge is 0.360 e. The summed E-state index contributed by atoms with van der Waals surface area (Å²) in [5.41, 5.74) is 1.52. The first-order valence-electron chi connectivity index (χ1n) is 3.65. The molecule has 0 aliphatic heterocycles. The molecule has 3 nitrogen and oxygen atoms in total. The van der Waals surface area contributed by atoms with Gasteiger partial charge in [0.1, 0.15) is 5.51 Å². The van der Waals surface area contributed by atoms with Gasteiger partial charge >= 0.3 is 6.18 Å². The number of nitrogens with zero attached hydrogens (tertiary/aromatic N) is 2. The molecule has 0 aromatic carbocycles. The van der Waals surface area contributed by atoms with Gasteiger partial charge in [-0.15, -0.1) is 10.2 Å². The van der Waals surface area contributed by atoms with Crippen molar-refractivity contribution in [3.05, 3.63) is 5.51 Å². The molecular weight excluding hydrogens is 203 g/mol. The van der Waals surface area contributed by atoms with E-state index in [2.05, 4.69) is 15.5 Å². The number of hydrogen-bond acceptors (Lipinski definition) is 4. The van der Waals surface area contributed by atoms with Crippen LogP contribution in [0.5, 0.6) is 0 Å². The second-order valence-corrected chi connectivity index (χ2v) is 3.22. The molecule has 1 aromatic heterocycles. The largest absolute Gasteiger partial charge is 0.389 e. The van der Waals surface area contributed by atoms with Crippen LogP contribution in [0.1, 0.15) is 12.8 Å². The number of alkyl halides is 3. The van der Waals surface area contributed by atoms with Gasteiger partial charge < -0.3 is 5.32 Å². The summed E-state index contributed by atoms with van der Waals surface area (Å²) in [5, 5.41) is 10.5. The van der Waals surface area contributed by atoms with Gasteiger partial charge in [-0.2, -0.15) is 13.2 Å². The molecule has 0 unspecified atom stereocenters. The van der Waals surface area contributed by atoms with Gasteiger partial charge in [0.15, 0.2) is 0 Å². The van der Waals surface area contributed by atoms with Crippen LogP contribution in [0.25, 0.3) is 0 Å². The minimum absolute atomic E-state index is 0.0586. The normalized spacial score (nSPS) is 11.6. The Morgan fingerprint density at radius 3 is 2.77 bits per heavy atom. The first-order chi connectivity index (χ1) is 6.08. The van der Waals surface area contributed by atoms with Crippen LogP contribution in [0.15, 0.2) is 5.51 Å². The average molecular weight is 211 g/mol. The summed E-state index contributed by atoms with van der Waals surface area (Å²) in [5.74, 6) is 0. The Labute approximate surface area is 77.0 Å². The maximum absolute atomic E-state index is 11.7. The van der Waals surface area contributed by atoms with Crippen molar-refractivity contribution in [2.45, 2.75) is 19.0 Å². The van der Waals surface area contributed by atoms with Crippen LogP contribution in [0.2, 0.25) is 0 Å². The molecule has 0 radical (unpaired) electrons. The van der Waals surface area contributed by atoms with Crippen LogP contribution < -0.4 is 5.32 Å². The Hall–Kier alpha value is -0.850. The van der Waals surface area contributed by atoms with Crippen molar-refractivity contribution in [3.8, 4) is 0 Å². The number of aromatic nitrogens is 2. The maximum atomic E-state index is 11.7. The molecule has 0 amide bonds. The highest BCUT2D eigenvalue weighted by atomic mass is 32.1. The molecular formula is C6H8F3N3S. The Bertz CT molecular complexity index is 234. The van der Waals surface area contributed by atoms with Gasteiger partial charge in [-0.1, -0.05) is 11.3 Å². The summed E-state index contributed by atoms with van der Waals surface area (Å²) in [6.45, 7) is 0.273. The standard InChI is InChI=1S/C6H8F3N3S/c7-6(8,9)2-1-3-10-5-12-11-4-13-5/h4H,1-3H2,(H,10,12). The van der Waals surface area contributed by atoms with Crippen molar-refractivity contribution < 1.29 is 13.2 Å². The van der Waals surface area contributed by atoms with Crippen LogP contribution in [0.4, 0.5) is 18.3 Å². The third-order valence-electron chi connectivity index (χ3n) is 1.27. The fourth-order valence-corrected chi connectivity index (χ4v) is 1.21. The van der Waals surface area contributed by atoms with Gasteiger partial charge in [0.05, 0.1) is 0 Å². The molecule has 0 saturated heterocycles. The van der Waals surface area contributed by atoms with Crippen molar-refractivity contribution in [2.75, 3.05) is 11.9 Å². The highest BCUT2D eigenvalue weighted by molar-refractivity contribution is 7.13. The quantitative estimate of drug-likeness (QED) is 0.776. The van der Waals surface area contributed by atoms with Gasteiger partial charge in [0.25, 0.3) is 0 Å². The van der Waals surface area contributed by atoms with E-state index >= 15 is 0 Å². The molecule has 0 atom stereocenters. The van der Waals surface area contributed by atoms with Crippen LogP contribution >= 0.6 is 11.3 Å². The lowest BCUT2D eigenvalue weighted by atomic mass is 10.3. The molecule has 0 aliphatic rings. The van der Waals surface area contributed by atoms with Gasteiger partial charge in [-0.05, 0) is 6.42 Å². The highest BCUT2D eigenvalue weighted by Crippen LogP contribution is 2.21. The third kappa shape index (κ3) is 4.66. The summed E-state index contributed by atoms with van der Waals surface area (Å²) in [6.07, 6.45) is -4.77. The average Bonchev–Trinajstić information content (AvgIpc) is 2.48. The molecule has 1 N–H and O–H groups in total. The Kier molecular flexibility index (Phi) is 3.47. The topological polar surface area (TPSA) is 37.8 Å². The molecule has 0 bridgehead atoms. The van der Waals surface area contributed by atoms with Gasteiger partial charge in [0, 0.05) is 13.0 Å². The monoisotopic (exact) mass is 211 g/mol. The van der Waals surface area contributed by atoms with E-state index in [1.54, 1.807) is 0 Å². The number of anilines is 1. The van der Waals surface area contributed by atoms with Crippen LogP contribution in [-0.4, -0.2) is 22.9 Å². The van der Waals surface area contributed by atoms with Crippen molar-refractivity contribution in [3.63, 3.8) is 0 Å². The van der Waals surface area contributed by atoms with Crippen molar-refractivity contribution in [2.24, 2.45) is 0 Å². The predicted molar refractivity (Wildman–Crippen MR) is 43.7 cm³/mol. The molecule has 1 rings (SSSR count). The Balaban J connectivity index is 2.09. The molecule has 0 saturated carbocycles. The first-order valence-corrected chi connectivity index (χ1v) is 4.53. The fraction of sp³-hybridized carbons (Fsp3) is 0.667. The van der Waals surface area contributed by atoms with Crippen LogP contribution in [0, 0.1) is 0 Å². The van der Waals surface area contributed by atoms with Crippen molar-refractivity contribution in [1.82, 2.24) is 10.2 Å². The minimum Gasteiger partial charge on any atom is -0.360 e. The zero-order valence-electron chi connectivity index (χ0n) is 6.64. The summed E-state index contributed by atoms with van der Waals surface area (Å²) in [4.78, 5) is 0. The molecule has 0 fully saturated rings. The van der Waals surface area contributed by atoms with E-state index in [0.29, 0.717) is 5.13 Å². The van der Waals surface area contributed by atoms with E-state index in [-0.39, 0.29) is 13.0 Å². The summed E-state index contributed by atoms with van der Waals surface area (Å²) in [6, 6.07) is 0. The second kappa shape index (κ2) is 4.40. The van der Waals surface area contributed by atoms with Gasteiger partial charge in [0.2, 0.25) is 5.13 Å². The van der Waals surface area contributed by atoms with Gasteiger partial charge in [-0.3, -0.25) is 0 Å². The summed E-state index contributed by atoms with van der Waals surface area (Å²) >= 11 is 1.27. The Morgan fingerprint density at radius 2 is 2.23 bits per heavy atom. The van der Waals surface area contributed by atoms with E-state index in [1.807, 2.05) is 0 Å². The van der Waals surface area contributed by atoms with Crippen LogP contribution in [-0.2, 0) is 0 Å². The van der Waals surface area contributed by atoms with E-state index in [0.717, 1.165) is 0 Å². The predicted octanol–water partition coefficient (Wildman–Crippen LogP) is 2.29. The fourth-order valence-electron chi connectivity index (χ4n) is 0.734. The zero-order chi connectivity index (χ0) is 9.73.